The highest BCUT2D eigenvalue weighted by atomic mass is 14.8. The molecule has 0 saturated carbocycles. The van der Waals surface area contributed by atoms with Crippen molar-refractivity contribution in [3.8, 4) is 0 Å². The predicted octanol–water partition coefficient (Wildman–Crippen LogP) is 3.04. The topological polar surface area (TPSA) is 38.4 Å². The molecule has 1 unspecified atom stereocenters. The molecule has 2 nitrogen and oxygen atoms in total. The highest BCUT2D eigenvalue weighted by Crippen LogP contribution is 2.31. The molecule has 1 heterocycles. The first kappa shape index (κ1) is 9.40. The average Bonchev–Trinajstić information content (AvgIpc) is 2.72. The Labute approximate surface area is 95.2 Å². The summed E-state index contributed by atoms with van der Waals surface area (Å²) in [6, 6.07) is 8.15. The lowest BCUT2D eigenvalue weighted by Crippen LogP contribution is -1.99. The van der Waals surface area contributed by atoms with Crippen molar-refractivity contribution in [3.05, 3.63) is 53.6 Å². The molecule has 0 bridgehead atoms. The second-order valence-electron chi connectivity index (χ2n) is 4.26. The van der Waals surface area contributed by atoms with E-state index < -0.39 is 0 Å². The van der Waals surface area contributed by atoms with Crippen molar-refractivity contribution >= 4 is 11.4 Å². The van der Waals surface area contributed by atoms with Gasteiger partial charge in [-0.05, 0) is 42.2 Å². The first-order chi connectivity index (χ1) is 7.83. The lowest BCUT2D eigenvalue weighted by atomic mass is 9.99. The van der Waals surface area contributed by atoms with E-state index in [0.717, 1.165) is 24.2 Å². The zero-order valence-corrected chi connectivity index (χ0v) is 9.06. The molecule has 0 fully saturated rings. The molecule has 1 aliphatic heterocycles. The van der Waals surface area contributed by atoms with Crippen molar-refractivity contribution < 1.29 is 0 Å². The second-order valence-corrected chi connectivity index (χ2v) is 4.26. The summed E-state index contributed by atoms with van der Waals surface area (Å²) in [5, 5.41) is 0. The van der Waals surface area contributed by atoms with Crippen LogP contribution in [0.1, 0.15) is 24.4 Å². The van der Waals surface area contributed by atoms with Gasteiger partial charge in [-0.1, -0.05) is 24.3 Å². The minimum Gasteiger partial charge on any atom is -0.399 e. The molecule has 1 aliphatic carbocycles. The molecule has 0 amide bonds. The van der Waals surface area contributed by atoms with E-state index in [1.54, 1.807) is 0 Å². The van der Waals surface area contributed by atoms with E-state index in [0.29, 0.717) is 0 Å². The number of hydrogen-bond acceptors (Lipinski definition) is 2. The maximum Gasteiger partial charge on any atom is 0.0944 e. The minimum absolute atomic E-state index is 0.163. The van der Waals surface area contributed by atoms with Crippen LogP contribution in [0.15, 0.2) is 53.1 Å². The van der Waals surface area contributed by atoms with Gasteiger partial charge in [0.05, 0.1) is 11.8 Å². The van der Waals surface area contributed by atoms with Crippen LogP contribution in [0.25, 0.3) is 0 Å². The number of hydrogen-bond donors (Lipinski definition) is 1. The Balaban J connectivity index is 1.97. The summed E-state index contributed by atoms with van der Waals surface area (Å²) < 4.78 is 0. The van der Waals surface area contributed by atoms with Gasteiger partial charge in [-0.3, -0.25) is 4.99 Å². The van der Waals surface area contributed by atoms with E-state index in [1.165, 1.54) is 11.1 Å². The number of fused-ring (bicyclic) bond motifs is 1. The van der Waals surface area contributed by atoms with Crippen LogP contribution in [0.2, 0.25) is 0 Å². The third-order valence-electron chi connectivity index (χ3n) is 3.07. The molecule has 1 atom stereocenters. The van der Waals surface area contributed by atoms with Crippen LogP contribution in [0.3, 0.4) is 0 Å². The van der Waals surface area contributed by atoms with Gasteiger partial charge in [0.1, 0.15) is 0 Å². The van der Waals surface area contributed by atoms with Crippen molar-refractivity contribution in [3.63, 3.8) is 0 Å². The highest BCUT2D eigenvalue weighted by Gasteiger charge is 2.20. The van der Waals surface area contributed by atoms with E-state index in [2.05, 4.69) is 24.3 Å². The summed E-state index contributed by atoms with van der Waals surface area (Å²) in [5.74, 6) is 0. The van der Waals surface area contributed by atoms with Gasteiger partial charge in [0.25, 0.3) is 0 Å². The van der Waals surface area contributed by atoms with E-state index in [1.807, 2.05) is 18.2 Å². The number of nitrogens with two attached hydrogens (primary N) is 1. The molecule has 1 aromatic rings. The molecule has 3 rings (SSSR count). The minimum atomic E-state index is 0.163. The summed E-state index contributed by atoms with van der Waals surface area (Å²) in [5.41, 5.74) is 10.3. The van der Waals surface area contributed by atoms with Crippen molar-refractivity contribution in [1.29, 1.82) is 0 Å². The highest BCUT2D eigenvalue weighted by molar-refractivity contribution is 6.10. The fourth-order valence-electron chi connectivity index (χ4n) is 2.25. The normalized spacial score (nSPS) is 22.6. The molecule has 0 spiro atoms. The molecule has 0 saturated heterocycles. The van der Waals surface area contributed by atoms with E-state index in [9.17, 15) is 0 Å². The van der Waals surface area contributed by atoms with Gasteiger partial charge in [0.15, 0.2) is 0 Å². The van der Waals surface area contributed by atoms with Crippen LogP contribution in [0.4, 0.5) is 5.69 Å². The molecule has 2 N–H and O–H groups in total. The van der Waals surface area contributed by atoms with Gasteiger partial charge in [-0.15, -0.1) is 0 Å². The largest absolute Gasteiger partial charge is 0.399 e. The third-order valence-corrected chi connectivity index (χ3v) is 3.07. The number of nitrogens with zero attached hydrogens (tertiary/aromatic N) is 1. The first-order valence-corrected chi connectivity index (χ1v) is 5.64. The van der Waals surface area contributed by atoms with Gasteiger partial charge in [0, 0.05) is 5.69 Å². The molecule has 2 heteroatoms. The second kappa shape index (κ2) is 3.63. The average molecular weight is 210 g/mol. The zero-order chi connectivity index (χ0) is 11.0. The van der Waals surface area contributed by atoms with Gasteiger partial charge in [-0.25, -0.2) is 0 Å². The lowest BCUT2D eigenvalue weighted by molar-refractivity contribution is 0.928. The van der Waals surface area contributed by atoms with Crippen LogP contribution in [-0.2, 0) is 0 Å². The maximum absolute atomic E-state index is 5.79. The zero-order valence-electron chi connectivity index (χ0n) is 9.06. The van der Waals surface area contributed by atoms with E-state index in [-0.39, 0.29) is 6.04 Å². The lowest BCUT2D eigenvalue weighted by Gasteiger charge is -2.05. The summed E-state index contributed by atoms with van der Waals surface area (Å²) in [7, 11) is 0. The SMILES string of the molecule is Nc1cccc(C2C=C3CCC=CC3=N2)c1. The molecule has 1 aromatic carbocycles. The first-order valence-electron chi connectivity index (χ1n) is 5.64. The standard InChI is InChI=1S/C14H14N2/c15-12-6-3-5-10(8-12)14-9-11-4-1-2-7-13(11)16-14/h2-3,5-9,14H,1,4,15H2. The maximum atomic E-state index is 5.79. The van der Waals surface area contributed by atoms with Crippen LogP contribution < -0.4 is 5.73 Å². The quantitative estimate of drug-likeness (QED) is 0.711. The van der Waals surface area contributed by atoms with Gasteiger partial charge >= 0.3 is 0 Å². The van der Waals surface area contributed by atoms with Crippen LogP contribution >= 0.6 is 0 Å². The summed E-state index contributed by atoms with van der Waals surface area (Å²) in [4.78, 5) is 4.70. The summed E-state index contributed by atoms with van der Waals surface area (Å²) >= 11 is 0. The molecule has 0 radical (unpaired) electrons. The summed E-state index contributed by atoms with van der Waals surface area (Å²) in [6.45, 7) is 0. The van der Waals surface area contributed by atoms with Crippen molar-refractivity contribution in [2.75, 3.05) is 5.73 Å². The Kier molecular flexibility index (Phi) is 2.13. The molecule has 16 heavy (non-hydrogen) atoms. The van der Waals surface area contributed by atoms with Gasteiger partial charge in [0.2, 0.25) is 0 Å². The fraction of sp³-hybridized carbons (Fsp3) is 0.214. The van der Waals surface area contributed by atoms with Crippen LogP contribution in [0, 0.1) is 0 Å². The van der Waals surface area contributed by atoms with Crippen LogP contribution in [0.5, 0.6) is 0 Å². The van der Waals surface area contributed by atoms with E-state index in [4.69, 9.17) is 10.7 Å². The number of aliphatic imine (C=N–C) groups is 1. The molecule has 0 aromatic heterocycles. The predicted molar refractivity (Wildman–Crippen MR) is 67.5 cm³/mol. The number of benzene rings is 1. The number of rotatable bonds is 1. The Morgan fingerprint density at radius 1 is 1.31 bits per heavy atom. The smallest absolute Gasteiger partial charge is 0.0944 e. The Morgan fingerprint density at radius 2 is 2.25 bits per heavy atom. The van der Waals surface area contributed by atoms with Gasteiger partial charge < -0.3 is 5.73 Å². The number of anilines is 1. The summed E-state index contributed by atoms with van der Waals surface area (Å²) in [6.07, 6.45) is 8.83. The number of allylic oxidation sites excluding steroid dienone is 3. The molecular weight excluding hydrogens is 196 g/mol. The Bertz CT molecular complexity index is 509. The molecular formula is C14H14N2. The van der Waals surface area contributed by atoms with Crippen molar-refractivity contribution in [1.82, 2.24) is 0 Å². The van der Waals surface area contributed by atoms with Gasteiger partial charge in [-0.2, -0.15) is 0 Å². The molecule has 80 valence electrons. The third kappa shape index (κ3) is 1.56. The molecule has 2 aliphatic rings. The van der Waals surface area contributed by atoms with Crippen LogP contribution in [-0.4, -0.2) is 5.71 Å². The number of nitrogen functional groups attached to an aromatic ring is 1. The fourth-order valence-corrected chi connectivity index (χ4v) is 2.25. The van der Waals surface area contributed by atoms with Crippen molar-refractivity contribution in [2.45, 2.75) is 18.9 Å². The Hall–Kier alpha value is -1.83. The van der Waals surface area contributed by atoms with E-state index >= 15 is 0 Å². The van der Waals surface area contributed by atoms with Crippen molar-refractivity contribution in [2.24, 2.45) is 4.99 Å². The monoisotopic (exact) mass is 210 g/mol. The Morgan fingerprint density at radius 3 is 3.06 bits per heavy atom.